The highest BCUT2D eigenvalue weighted by Gasteiger charge is 2.66. The summed E-state index contributed by atoms with van der Waals surface area (Å²) in [5.41, 5.74) is 4.10. The number of carbonyl (C=O) groups excluding carboxylic acids is 15. The molecule has 9 heterocycles. The average Bonchev–Trinajstić information content (AvgIpc) is 1.58. The number of carbonyl (C=O) groups is 15. The molecule has 15 amide bonds. The summed E-state index contributed by atoms with van der Waals surface area (Å²) in [4.78, 5) is 214. The average molecular weight is 2130 g/mol. The van der Waals surface area contributed by atoms with Gasteiger partial charge in [0.2, 0.25) is 89.7 Å². The highest BCUT2D eigenvalue weighted by Crippen LogP contribution is 2.50. The predicted octanol–water partition coefficient (Wildman–Crippen LogP) is 7.80. The number of allylic oxidation sites excluding steroid dienone is 3. The van der Waals surface area contributed by atoms with Crippen LogP contribution in [0.3, 0.4) is 0 Å². The van der Waals surface area contributed by atoms with Crippen LogP contribution in [0.1, 0.15) is 249 Å². The van der Waals surface area contributed by atoms with Crippen molar-refractivity contribution in [2.75, 3.05) is 19.6 Å². The standard InChI is InChI=1S/C37H47N5O8S.C36H45N5O8S.C33H39F2N5O8S/c1-2-26-19-37(26,35(46)40-51(48,49)28-16-17-28)39-33(44)30-18-27-21-42(30)34(45)32(24-11-6-3-7-12-24)38-31(43)15-8-4-5-10-23-13-9-14-25-20-41(22-29(23)25)36(47)50-27;1-2-25-18-36(25,34(45)39-50(47,48)27-15-16-27)38-32(43)29-17-26-20-41(29)33(44)31(23-10-6-7-11-23)37-30(42)14-5-3-4-9-22-12-8-13-24-19-40(21-28(22)24)35(46)49-26;1-2-21-15-33(21,31(44)38-49(46,47)23-11-12-23)37-29(42)26-13-22-17-40(26)30(43)25(14-27(34)35)36-28(41)10-5-3-4-7-19-8-6-9-20-16-39(18-24(19)20)32(45)48-22/h2,5,9-10,13-14,24,26-28,30,32H,1,3-4,6-8,11-12,15-22H2,(H,38,43)(H,39,44)(H,40,46);2,4,8-9,12-13,23,25-27,29,31H,1,3,5-7,10-11,14-21H2,(H,37,42)(H,38,43)(H,39,45);2,4,6-9,21-23,25-27H,1,3,5,10-18H2,(H,36,41)(H,37,42)(H,38,44)/b10-5+;9-4+;7-4+/t26-,27-,30+,32+,37-;25-,26-,29+,31+,36-;21-,22-,25+,26+,33-/m111/s1. The van der Waals surface area contributed by atoms with Crippen molar-refractivity contribution < 1.29 is 120 Å². The Bertz CT molecular complexity index is 6380. The lowest BCUT2D eigenvalue weighted by atomic mass is 9.83. The number of halogens is 2. The van der Waals surface area contributed by atoms with Gasteiger partial charge in [-0.2, -0.15) is 0 Å². The maximum Gasteiger partial charge on any atom is 0.410 e. The monoisotopic (exact) mass is 2130 g/mol. The fourth-order valence-corrected chi connectivity index (χ4v) is 27.1. The number of hydrogen-bond acceptors (Lipinski definition) is 24. The number of nitrogens with one attached hydrogen (secondary N) is 9. The molecule has 39 nitrogen and oxygen atoms in total. The summed E-state index contributed by atoms with van der Waals surface area (Å²) in [7, 11) is -11.7. The molecule has 806 valence electrons. The number of rotatable bonds is 22. The van der Waals surface area contributed by atoms with E-state index in [1.54, 1.807) is 9.80 Å². The summed E-state index contributed by atoms with van der Waals surface area (Å²) >= 11 is 0. The molecule has 44 heteroatoms. The fourth-order valence-electron chi connectivity index (χ4n) is 23.0. The third-order valence-corrected chi connectivity index (χ3v) is 37.8. The molecule has 0 radical (unpaired) electrons. The van der Waals surface area contributed by atoms with Crippen LogP contribution in [0.2, 0.25) is 0 Å². The number of alkyl halides is 2. The first-order valence-corrected chi connectivity index (χ1v) is 57.2. The Morgan fingerprint density at radius 1 is 0.400 bits per heavy atom. The van der Waals surface area contributed by atoms with E-state index in [1.807, 2.05) is 91.1 Å². The van der Waals surface area contributed by atoms with Gasteiger partial charge in [-0.15, -0.1) is 19.7 Å². The Morgan fingerprint density at radius 2 is 0.700 bits per heavy atom. The number of hydrogen-bond donors (Lipinski definition) is 9. The molecule has 0 spiro atoms. The molecule has 11 fully saturated rings. The molecule has 150 heavy (non-hydrogen) atoms. The largest absolute Gasteiger partial charge is 0.444 e. The third kappa shape index (κ3) is 23.8. The Hall–Kier alpha value is -12.7. The molecule has 0 aromatic heterocycles. The van der Waals surface area contributed by atoms with Gasteiger partial charge >= 0.3 is 18.3 Å². The lowest BCUT2D eigenvalue weighted by molar-refractivity contribution is -0.143. The van der Waals surface area contributed by atoms with Crippen LogP contribution in [0.15, 0.2) is 111 Å². The lowest BCUT2D eigenvalue weighted by Gasteiger charge is -2.35. The highest BCUT2D eigenvalue weighted by atomic mass is 32.2. The molecular weight excluding hydrogens is 2000 g/mol. The minimum absolute atomic E-state index is 0.0275. The summed E-state index contributed by atoms with van der Waals surface area (Å²) < 4.78 is 127. The van der Waals surface area contributed by atoms with Crippen LogP contribution in [0.4, 0.5) is 23.2 Å². The van der Waals surface area contributed by atoms with E-state index in [1.165, 1.54) is 32.9 Å². The van der Waals surface area contributed by atoms with Crippen LogP contribution in [-0.4, -0.2) is 257 Å². The van der Waals surface area contributed by atoms with Crippen molar-refractivity contribution in [3.8, 4) is 0 Å². The van der Waals surface area contributed by atoms with Crippen LogP contribution < -0.4 is 46.1 Å². The molecule has 3 aromatic rings. The molecule has 9 N–H and O–H groups in total. The number of ether oxygens (including phenoxy) is 3. The van der Waals surface area contributed by atoms with E-state index in [9.17, 15) is 106 Å². The molecular formula is C106H131F2N15O24S3. The van der Waals surface area contributed by atoms with E-state index in [0.29, 0.717) is 103 Å². The van der Waals surface area contributed by atoms with E-state index in [4.69, 9.17) is 14.2 Å². The SMILES string of the molecule is C=C[C@@H]1C[C@]1(NC(=O)[C@@H]1C[C@@H]2CN1C(=O)[C@H](C1CCCC1)NC(=O)CCC/C=C/c1cccc3c1CN(C3)C(=O)O2)C(=O)NS(=O)(=O)C1CC1.C=C[C@@H]1C[C@]1(NC(=O)[C@@H]1C[C@@H]2CN1C(=O)[C@H](C1CCCCC1)NC(=O)CCC/C=C/c1cccc3c1CN(C3)C(=O)O2)C(=O)NS(=O)(=O)C1CC1.C=C[C@@H]1C[C@]1(NC(=O)[C@@H]1C[C@@H]2CN1C(=O)[C@H](CC(F)F)NC(=O)CCC/C=C/c1cccc3c1CN(C3)C(=O)O2)C(=O)NS(=O)(=O)C1CC1. The van der Waals surface area contributed by atoms with Crippen LogP contribution in [0, 0.1) is 29.6 Å². The van der Waals surface area contributed by atoms with Gasteiger partial charge in [-0.25, -0.2) is 48.4 Å². The first kappa shape index (κ1) is 107. The predicted molar refractivity (Wildman–Crippen MR) is 540 cm³/mol. The fraction of sp³-hybridized carbons (Fsp3) is 0.575. The van der Waals surface area contributed by atoms with Crippen LogP contribution in [-0.2, 0) is 141 Å². The highest BCUT2D eigenvalue weighted by molar-refractivity contribution is 7.91. The van der Waals surface area contributed by atoms with Crippen molar-refractivity contribution in [1.82, 2.24) is 75.5 Å². The van der Waals surface area contributed by atoms with Crippen molar-refractivity contribution in [1.29, 1.82) is 0 Å². The summed E-state index contributed by atoms with van der Waals surface area (Å²) in [5.74, 6) is -9.63. The van der Waals surface area contributed by atoms with E-state index in [2.05, 4.69) is 65.8 Å². The zero-order valence-electron chi connectivity index (χ0n) is 83.7. The van der Waals surface area contributed by atoms with Gasteiger partial charge in [0.15, 0.2) is 0 Å². The van der Waals surface area contributed by atoms with Gasteiger partial charge in [0.05, 0.1) is 55.0 Å². The molecule has 15 atom stereocenters. The summed E-state index contributed by atoms with van der Waals surface area (Å²) in [6, 6.07) is 10.4. The Labute approximate surface area is 869 Å². The van der Waals surface area contributed by atoms with E-state index in [-0.39, 0.29) is 114 Å². The normalized spacial score (nSPS) is 30.4. The smallest absolute Gasteiger partial charge is 0.410 e. The van der Waals surface area contributed by atoms with Crippen molar-refractivity contribution >= 4 is 137 Å². The Balaban J connectivity index is 0.000000147. The molecule has 8 aliphatic carbocycles. The number of amides is 15. The maximum atomic E-state index is 14.6. The zero-order chi connectivity index (χ0) is 106. The van der Waals surface area contributed by atoms with Gasteiger partial charge in [-0.1, -0.05) is 141 Å². The minimum Gasteiger partial charge on any atom is -0.444 e. The molecule has 9 aliphatic heterocycles. The lowest BCUT2D eigenvalue weighted by Crippen LogP contribution is -2.59. The number of sulfonamides is 3. The summed E-state index contributed by atoms with van der Waals surface area (Å²) in [6.45, 7) is 12.7. The Kier molecular flexibility index (Phi) is 31.6. The minimum atomic E-state index is -3.96. The second-order valence-corrected chi connectivity index (χ2v) is 48.9. The van der Waals surface area contributed by atoms with Crippen LogP contribution >= 0.6 is 0 Å². The van der Waals surface area contributed by atoms with Gasteiger partial charge < -0.3 is 60.8 Å². The summed E-state index contributed by atoms with van der Waals surface area (Å²) in [6.07, 6.45) is 22.0. The molecule has 0 unspecified atom stereocenters. The van der Waals surface area contributed by atoms with Crippen molar-refractivity contribution in [3.05, 3.63) is 161 Å². The van der Waals surface area contributed by atoms with Crippen LogP contribution in [0.25, 0.3) is 18.2 Å². The first-order chi connectivity index (χ1) is 71.8. The van der Waals surface area contributed by atoms with Crippen molar-refractivity contribution in [2.45, 2.75) is 332 Å². The molecule has 3 saturated heterocycles. The van der Waals surface area contributed by atoms with Gasteiger partial charge in [0.25, 0.3) is 17.7 Å². The number of fused-ring (bicyclic) bond motifs is 9. The van der Waals surface area contributed by atoms with Crippen LogP contribution in [0.5, 0.6) is 0 Å². The first-order valence-electron chi connectivity index (χ1n) is 52.6. The second-order valence-electron chi connectivity index (χ2n) is 43.0. The molecule has 12 bridgehead atoms. The van der Waals surface area contributed by atoms with Gasteiger partial charge in [-0.3, -0.25) is 86.4 Å². The van der Waals surface area contributed by atoms with Crippen molar-refractivity contribution in [2.24, 2.45) is 29.6 Å². The zero-order valence-corrected chi connectivity index (χ0v) is 86.1. The van der Waals surface area contributed by atoms with E-state index >= 15 is 0 Å². The summed E-state index contributed by atoms with van der Waals surface area (Å²) in [5, 5.41) is 14.6. The number of benzene rings is 3. The third-order valence-electron chi connectivity index (χ3n) is 32.3. The molecule has 8 saturated carbocycles. The molecule has 3 aromatic carbocycles. The quantitative estimate of drug-likeness (QED) is 0.0342. The Morgan fingerprint density at radius 3 is 0.993 bits per heavy atom. The van der Waals surface area contributed by atoms with Gasteiger partial charge in [0.1, 0.15) is 71.2 Å². The van der Waals surface area contributed by atoms with Crippen molar-refractivity contribution in [3.63, 3.8) is 0 Å². The van der Waals surface area contributed by atoms with E-state index in [0.717, 1.165) is 113 Å². The van der Waals surface area contributed by atoms with Gasteiger partial charge in [-0.05, 0) is 184 Å². The van der Waals surface area contributed by atoms with E-state index < -0.39 is 225 Å². The maximum absolute atomic E-state index is 14.6. The molecule has 20 rings (SSSR count). The second kappa shape index (κ2) is 44.3. The molecule has 17 aliphatic rings. The number of nitrogens with zero attached hydrogens (tertiary/aromatic N) is 6. The van der Waals surface area contributed by atoms with Gasteiger partial charge in [0, 0.05) is 82.3 Å². The topological polar surface area (TPSA) is 514 Å².